The van der Waals surface area contributed by atoms with Crippen molar-refractivity contribution in [1.29, 1.82) is 0 Å². The summed E-state index contributed by atoms with van der Waals surface area (Å²) in [7, 11) is 0. The molecule has 1 aromatic rings. The Kier molecular flexibility index (Phi) is 7.38. The average molecular weight is 178 g/mol. The molecule has 1 aromatic carbocycles. The molecule has 0 fully saturated rings. The molecule has 74 valence electrons. The molecule has 0 N–H and O–H groups in total. The summed E-state index contributed by atoms with van der Waals surface area (Å²) >= 11 is 0. The molecule has 0 unspecified atom stereocenters. The van der Waals surface area contributed by atoms with Gasteiger partial charge >= 0.3 is 0 Å². The van der Waals surface area contributed by atoms with E-state index in [9.17, 15) is 0 Å². The van der Waals surface area contributed by atoms with Gasteiger partial charge in [-0.3, -0.25) is 0 Å². The zero-order chi connectivity index (χ0) is 10.1. The fourth-order valence-electron chi connectivity index (χ4n) is 1.01. The maximum atomic E-state index is 2.21. The average Bonchev–Trinajstić information content (AvgIpc) is 2.19. The largest absolute Gasteiger partial charge is 0.0656 e. The van der Waals surface area contributed by atoms with Crippen LogP contribution in [0.2, 0.25) is 0 Å². The molecular weight excluding hydrogens is 156 g/mol. The zero-order valence-electron chi connectivity index (χ0n) is 9.43. The Morgan fingerprint density at radius 2 is 0.923 bits per heavy atom. The van der Waals surface area contributed by atoms with Gasteiger partial charge in [0.15, 0.2) is 0 Å². The van der Waals surface area contributed by atoms with E-state index in [1.807, 2.05) is 0 Å². The molecule has 0 saturated heterocycles. The van der Waals surface area contributed by atoms with E-state index in [1.165, 1.54) is 17.5 Å². The summed E-state index contributed by atoms with van der Waals surface area (Å²) in [5.74, 6) is 0. The Bertz CT molecular complexity index is 173. The smallest absolute Gasteiger partial charge is 0.0307 e. The molecule has 0 heteroatoms. The second-order valence-electron chi connectivity index (χ2n) is 3.23. The van der Waals surface area contributed by atoms with E-state index in [4.69, 9.17) is 0 Å². The molecule has 0 aliphatic carbocycles. The number of hydrogen-bond donors (Lipinski definition) is 0. The summed E-state index contributed by atoms with van der Waals surface area (Å²) in [6.07, 6.45) is 3.54. The lowest BCUT2D eigenvalue weighted by Gasteiger charge is -1.97. The fraction of sp³-hybridized carbons (Fsp3) is 0.538. The Morgan fingerprint density at radius 3 is 1.08 bits per heavy atom. The monoisotopic (exact) mass is 178 g/mol. The summed E-state index contributed by atoms with van der Waals surface area (Å²) in [5, 5.41) is 0. The number of benzene rings is 1. The van der Waals surface area contributed by atoms with E-state index >= 15 is 0 Å². The third-order valence-electron chi connectivity index (χ3n) is 1.84. The molecule has 0 nitrogen and oxygen atoms in total. The maximum absolute atomic E-state index is 2.21. The van der Waals surface area contributed by atoms with Crippen LogP contribution < -0.4 is 0 Å². The van der Waals surface area contributed by atoms with Crippen LogP contribution >= 0.6 is 0 Å². The van der Waals surface area contributed by atoms with Crippen LogP contribution in [0.5, 0.6) is 0 Å². The minimum atomic E-state index is 1.14. The first-order valence-electron chi connectivity index (χ1n) is 5.36. The predicted molar refractivity (Wildman–Crippen MR) is 61.2 cm³/mol. The van der Waals surface area contributed by atoms with Crippen LogP contribution in [0.25, 0.3) is 0 Å². The van der Waals surface area contributed by atoms with Crippen molar-refractivity contribution < 1.29 is 0 Å². The quantitative estimate of drug-likeness (QED) is 0.636. The van der Waals surface area contributed by atoms with Gasteiger partial charge in [-0.2, -0.15) is 0 Å². The summed E-state index contributed by atoms with van der Waals surface area (Å²) in [5.41, 5.74) is 2.86. The molecular formula is C13H22. The van der Waals surface area contributed by atoms with Crippen LogP contribution in [-0.4, -0.2) is 0 Å². The van der Waals surface area contributed by atoms with Crippen molar-refractivity contribution in [3.63, 3.8) is 0 Å². The van der Waals surface area contributed by atoms with E-state index in [-0.39, 0.29) is 0 Å². The highest BCUT2D eigenvalue weighted by Crippen LogP contribution is 2.04. The van der Waals surface area contributed by atoms with Gasteiger partial charge in [0.05, 0.1) is 0 Å². The molecule has 0 atom stereocenters. The molecule has 0 saturated carbocycles. The second-order valence-corrected chi connectivity index (χ2v) is 3.23. The van der Waals surface area contributed by atoms with Crippen molar-refractivity contribution in [3.8, 4) is 0 Å². The van der Waals surface area contributed by atoms with Gasteiger partial charge in [-0.25, -0.2) is 0 Å². The van der Waals surface area contributed by atoms with Crippen LogP contribution in [-0.2, 0) is 12.8 Å². The minimum Gasteiger partial charge on any atom is -0.0656 e. The maximum Gasteiger partial charge on any atom is -0.0307 e. The minimum absolute atomic E-state index is 1.14. The highest BCUT2D eigenvalue weighted by Gasteiger charge is 1.88. The lowest BCUT2D eigenvalue weighted by atomic mass is 10.1. The van der Waals surface area contributed by atoms with E-state index in [2.05, 4.69) is 52.0 Å². The van der Waals surface area contributed by atoms with Crippen molar-refractivity contribution in [3.05, 3.63) is 35.4 Å². The second kappa shape index (κ2) is 7.85. The van der Waals surface area contributed by atoms with Gasteiger partial charge in [0.2, 0.25) is 0 Å². The number of aryl methyl sites for hydroxylation is 2. The van der Waals surface area contributed by atoms with Crippen molar-refractivity contribution in [1.82, 2.24) is 0 Å². The summed E-state index contributed by atoms with van der Waals surface area (Å²) < 4.78 is 0. The van der Waals surface area contributed by atoms with Crippen LogP contribution in [0, 0.1) is 0 Å². The zero-order valence-corrected chi connectivity index (χ0v) is 9.43. The van der Waals surface area contributed by atoms with E-state index in [0.29, 0.717) is 0 Å². The SMILES string of the molecule is CCC.CCc1ccc(CC)cc1. The Morgan fingerprint density at radius 1 is 0.692 bits per heavy atom. The molecule has 1 rings (SSSR count). The Labute approximate surface area is 83.0 Å². The normalized spacial score (nSPS) is 8.92. The highest BCUT2D eigenvalue weighted by molar-refractivity contribution is 5.22. The van der Waals surface area contributed by atoms with Gasteiger partial charge in [-0.05, 0) is 24.0 Å². The molecule has 0 radical (unpaired) electrons. The van der Waals surface area contributed by atoms with Gasteiger partial charge in [0.1, 0.15) is 0 Å². The first-order chi connectivity index (χ1) is 6.28. The van der Waals surface area contributed by atoms with Crippen molar-refractivity contribution in [2.24, 2.45) is 0 Å². The molecule has 0 heterocycles. The molecule has 0 aromatic heterocycles. The third kappa shape index (κ3) is 5.46. The van der Waals surface area contributed by atoms with Gasteiger partial charge < -0.3 is 0 Å². The summed E-state index contributed by atoms with van der Waals surface area (Å²) in [6.45, 7) is 8.61. The van der Waals surface area contributed by atoms with Crippen molar-refractivity contribution in [2.75, 3.05) is 0 Å². The summed E-state index contributed by atoms with van der Waals surface area (Å²) in [6, 6.07) is 8.83. The Hall–Kier alpha value is -0.780. The van der Waals surface area contributed by atoms with Crippen LogP contribution in [0.4, 0.5) is 0 Å². The first-order valence-corrected chi connectivity index (χ1v) is 5.36. The van der Waals surface area contributed by atoms with Gasteiger partial charge in [0, 0.05) is 0 Å². The first kappa shape index (κ1) is 12.2. The lowest BCUT2D eigenvalue weighted by molar-refractivity contribution is 1.09. The molecule has 13 heavy (non-hydrogen) atoms. The summed E-state index contributed by atoms with van der Waals surface area (Å²) in [4.78, 5) is 0. The van der Waals surface area contributed by atoms with E-state index < -0.39 is 0 Å². The van der Waals surface area contributed by atoms with Crippen LogP contribution in [0.3, 0.4) is 0 Å². The molecule has 0 aliphatic heterocycles. The predicted octanol–water partition coefficient (Wildman–Crippen LogP) is 4.23. The van der Waals surface area contributed by atoms with Crippen molar-refractivity contribution >= 4 is 0 Å². The number of hydrogen-bond acceptors (Lipinski definition) is 0. The fourth-order valence-corrected chi connectivity index (χ4v) is 1.01. The van der Waals surface area contributed by atoms with Crippen LogP contribution in [0.15, 0.2) is 24.3 Å². The van der Waals surface area contributed by atoms with E-state index in [0.717, 1.165) is 12.8 Å². The topological polar surface area (TPSA) is 0 Å². The van der Waals surface area contributed by atoms with Crippen molar-refractivity contribution in [2.45, 2.75) is 47.0 Å². The van der Waals surface area contributed by atoms with Gasteiger partial charge in [-0.1, -0.05) is 58.4 Å². The van der Waals surface area contributed by atoms with Gasteiger partial charge in [0.25, 0.3) is 0 Å². The van der Waals surface area contributed by atoms with Gasteiger partial charge in [-0.15, -0.1) is 0 Å². The van der Waals surface area contributed by atoms with E-state index in [1.54, 1.807) is 0 Å². The molecule has 0 bridgehead atoms. The third-order valence-corrected chi connectivity index (χ3v) is 1.84. The standard InChI is InChI=1S/C10H14.C3H8/c1-3-9-5-7-10(4-2)8-6-9;1-3-2/h5-8H,3-4H2,1-2H3;3H2,1-2H3. The molecule has 0 spiro atoms. The van der Waals surface area contributed by atoms with Crippen LogP contribution in [0.1, 0.15) is 45.2 Å². The highest BCUT2D eigenvalue weighted by atomic mass is 13.9. The molecule has 0 amide bonds. The lowest BCUT2D eigenvalue weighted by Crippen LogP contribution is -1.81. The number of rotatable bonds is 2. The Balaban J connectivity index is 0.000000424. The molecule has 0 aliphatic rings.